The number of amides is 1. The topological polar surface area (TPSA) is 106 Å². The van der Waals surface area contributed by atoms with Crippen LogP contribution in [0.5, 0.6) is 11.5 Å². The number of carbonyl (C=O) groups excluding carboxylic acids is 3. The summed E-state index contributed by atoms with van der Waals surface area (Å²) in [5, 5.41) is 11.2. The third-order valence-electron chi connectivity index (χ3n) is 6.52. The molecule has 1 N–H and O–H groups in total. The summed E-state index contributed by atoms with van der Waals surface area (Å²) in [7, 11) is 1.51. The van der Waals surface area contributed by atoms with Crippen LogP contribution < -0.4 is 14.4 Å². The van der Waals surface area contributed by atoms with Crippen molar-refractivity contribution in [3.05, 3.63) is 87.6 Å². The summed E-state index contributed by atoms with van der Waals surface area (Å²) in [5.41, 5.74) is 1.69. The first-order valence-corrected chi connectivity index (χ1v) is 13.9. The molecule has 1 amide bonds. The van der Waals surface area contributed by atoms with Crippen LogP contribution in [-0.2, 0) is 9.59 Å². The number of unbranched alkanes of at least 4 members (excludes halogenated alkanes) is 2. The van der Waals surface area contributed by atoms with Gasteiger partial charge in [-0.2, -0.15) is 0 Å². The second-order valence-corrected chi connectivity index (χ2v) is 10.4. The van der Waals surface area contributed by atoms with Crippen molar-refractivity contribution in [1.82, 2.24) is 4.98 Å². The lowest BCUT2D eigenvalue weighted by Crippen LogP contribution is -2.30. The highest BCUT2D eigenvalue weighted by molar-refractivity contribution is 7.17. The Morgan fingerprint density at radius 1 is 1.12 bits per heavy atom. The summed E-state index contributed by atoms with van der Waals surface area (Å²) in [5.74, 6) is -1.18. The summed E-state index contributed by atoms with van der Waals surface area (Å²) in [4.78, 5) is 45.3. The summed E-state index contributed by atoms with van der Waals surface area (Å²) in [6.45, 7) is 5.75. The first-order valence-electron chi connectivity index (χ1n) is 13.1. The molecule has 0 fully saturated rings. The lowest BCUT2D eigenvalue weighted by Gasteiger charge is -2.25. The Bertz CT molecular complexity index is 1470. The standard InChI is InChI=1S/C31H32N2O6S/c1-5-6-10-17-39-24-16-14-22(18-25(24)38-4)27-26(23(35)15-13-21-11-8-7-9-12-21)28(36)30(37)33(27)31-32-19(2)29(40-31)20(3)34/h7-9,11-16,18,27,36H,5-6,10,17H2,1-4H3/b15-13+. The van der Waals surface area contributed by atoms with Crippen LogP contribution in [0, 0.1) is 6.92 Å². The summed E-state index contributed by atoms with van der Waals surface area (Å²) in [6.07, 6.45) is 5.97. The first-order chi connectivity index (χ1) is 19.3. The molecule has 8 nitrogen and oxygen atoms in total. The minimum absolute atomic E-state index is 0.0897. The number of benzene rings is 2. The Hall–Kier alpha value is -4.24. The third kappa shape index (κ3) is 5.99. The highest BCUT2D eigenvalue weighted by Gasteiger charge is 2.45. The van der Waals surface area contributed by atoms with Gasteiger partial charge in [0, 0.05) is 6.92 Å². The normalized spacial score (nSPS) is 15.2. The van der Waals surface area contributed by atoms with Gasteiger partial charge < -0.3 is 14.6 Å². The minimum atomic E-state index is -1.01. The van der Waals surface area contributed by atoms with E-state index in [2.05, 4.69) is 11.9 Å². The van der Waals surface area contributed by atoms with Gasteiger partial charge in [0.2, 0.25) is 0 Å². The number of aromatic nitrogens is 1. The fourth-order valence-electron chi connectivity index (χ4n) is 4.52. The fraction of sp³-hybridized carbons (Fsp3) is 0.290. The zero-order valence-electron chi connectivity index (χ0n) is 23.0. The number of ether oxygens (including phenoxy) is 2. The van der Waals surface area contributed by atoms with Crippen LogP contribution in [0.25, 0.3) is 6.08 Å². The molecule has 0 bridgehead atoms. The number of aliphatic hydroxyl groups is 1. The molecule has 1 unspecified atom stereocenters. The second-order valence-electron chi connectivity index (χ2n) is 9.38. The average molecular weight is 561 g/mol. The minimum Gasteiger partial charge on any atom is -0.503 e. The molecule has 208 valence electrons. The zero-order valence-corrected chi connectivity index (χ0v) is 23.8. The number of nitrogens with zero attached hydrogens (tertiary/aromatic N) is 2. The summed E-state index contributed by atoms with van der Waals surface area (Å²) in [6, 6.07) is 13.4. The molecular weight excluding hydrogens is 528 g/mol. The van der Waals surface area contributed by atoms with E-state index in [0.717, 1.165) is 36.2 Å². The number of ketones is 2. The van der Waals surface area contributed by atoms with Crippen molar-refractivity contribution in [3.8, 4) is 11.5 Å². The molecule has 0 saturated carbocycles. The van der Waals surface area contributed by atoms with Gasteiger partial charge in [-0.1, -0.05) is 73.6 Å². The van der Waals surface area contributed by atoms with Crippen molar-refractivity contribution in [2.45, 2.75) is 46.1 Å². The fourth-order valence-corrected chi connectivity index (χ4v) is 5.50. The largest absolute Gasteiger partial charge is 0.503 e. The zero-order chi connectivity index (χ0) is 28.8. The van der Waals surface area contributed by atoms with Crippen LogP contribution >= 0.6 is 11.3 Å². The number of aryl methyl sites for hydroxylation is 1. The van der Waals surface area contributed by atoms with Crippen LogP contribution in [0.2, 0.25) is 0 Å². The number of Topliss-reactive ketones (excluding diaryl/α,β-unsaturated/α-hetero) is 1. The quantitative estimate of drug-likeness (QED) is 0.155. The second kappa shape index (κ2) is 12.7. The summed E-state index contributed by atoms with van der Waals surface area (Å²) >= 11 is 1.04. The monoisotopic (exact) mass is 560 g/mol. The van der Waals surface area contributed by atoms with Crippen LogP contribution in [0.15, 0.2) is 65.9 Å². The average Bonchev–Trinajstić information content (AvgIpc) is 3.47. The van der Waals surface area contributed by atoms with Crippen LogP contribution in [-0.4, -0.2) is 41.3 Å². The third-order valence-corrected chi connectivity index (χ3v) is 7.78. The maximum Gasteiger partial charge on any atom is 0.296 e. The van der Waals surface area contributed by atoms with Crippen molar-refractivity contribution in [1.29, 1.82) is 0 Å². The Labute approximate surface area is 237 Å². The molecule has 2 aromatic carbocycles. The van der Waals surface area contributed by atoms with E-state index >= 15 is 0 Å². The lowest BCUT2D eigenvalue weighted by atomic mass is 9.95. The number of rotatable bonds is 12. The molecule has 40 heavy (non-hydrogen) atoms. The molecule has 1 aliphatic rings. The van der Waals surface area contributed by atoms with Crippen molar-refractivity contribution in [2.75, 3.05) is 18.6 Å². The Balaban J connectivity index is 1.78. The molecule has 1 aromatic heterocycles. The van der Waals surface area contributed by atoms with E-state index < -0.39 is 23.5 Å². The van der Waals surface area contributed by atoms with E-state index in [9.17, 15) is 19.5 Å². The molecule has 0 spiro atoms. The number of aliphatic hydroxyl groups excluding tert-OH is 1. The van der Waals surface area contributed by atoms with E-state index in [1.54, 1.807) is 31.2 Å². The van der Waals surface area contributed by atoms with Crippen molar-refractivity contribution in [3.63, 3.8) is 0 Å². The first kappa shape index (κ1) is 28.8. The molecule has 9 heteroatoms. The van der Waals surface area contributed by atoms with Crippen LogP contribution in [0.4, 0.5) is 5.13 Å². The maximum absolute atomic E-state index is 13.5. The van der Waals surface area contributed by atoms with Gasteiger partial charge in [0.1, 0.15) is 0 Å². The van der Waals surface area contributed by atoms with Gasteiger partial charge in [-0.15, -0.1) is 0 Å². The smallest absolute Gasteiger partial charge is 0.296 e. The molecule has 3 aromatic rings. The molecule has 0 radical (unpaired) electrons. The van der Waals surface area contributed by atoms with Gasteiger partial charge in [0.05, 0.1) is 35.9 Å². The number of hydrogen-bond donors (Lipinski definition) is 1. The van der Waals surface area contributed by atoms with E-state index in [0.29, 0.717) is 34.2 Å². The highest BCUT2D eigenvalue weighted by atomic mass is 32.1. The number of allylic oxidation sites excluding steroid dienone is 1. The van der Waals surface area contributed by atoms with E-state index in [4.69, 9.17) is 9.47 Å². The van der Waals surface area contributed by atoms with Gasteiger partial charge in [-0.3, -0.25) is 19.3 Å². The molecule has 0 aliphatic carbocycles. The summed E-state index contributed by atoms with van der Waals surface area (Å²) < 4.78 is 11.5. The maximum atomic E-state index is 13.5. The van der Waals surface area contributed by atoms with E-state index in [1.165, 1.54) is 25.0 Å². The SMILES string of the molecule is CCCCCOc1ccc(C2C(C(=O)/C=C/c3ccccc3)=C(O)C(=O)N2c2nc(C)c(C(C)=O)s2)cc1OC. The van der Waals surface area contributed by atoms with E-state index in [1.807, 2.05) is 30.3 Å². The van der Waals surface area contributed by atoms with Gasteiger partial charge >= 0.3 is 0 Å². The van der Waals surface area contributed by atoms with Gasteiger partial charge in [-0.05, 0) is 42.7 Å². The highest BCUT2D eigenvalue weighted by Crippen LogP contribution is 2.45. The molecule has 1 atom stereocenters. The van der Waals surface area contributed by atoms with Crippen molar-refractivity contribution < 1.29 is 29.0 Å². The number of thiazole rings is 1. The number of carbonyl (C=O) groups is 3. The predicted molar refractivity (Wildman–Crippen MR) is 155 cm³/mol. The Morgan fingerprint density at radius 3 is 2.52 bits per heavy atom. The number of hydrogen-bond acceptors (Lipinski definition) is 8. The molecule has 0 saturated heterocycles. The van der Waals surface area contributed by atoms with Gasteiger partial charge in [0.15, 0.2) is 34.0 Å². The predicted octanol–water partition coefficient (Wildman–Crippen LogP) is 6.41. The van der Waals surface area contributed by atoms with Gasteiger partial charge in [0.25, 0.3) is 5.91 Å². The molecule has 4 rings (SSSR count). The van der Waals surface area contributed by atoms with Crippen LogP contribution in [0.3, 0.4) is 0 Å². The Kier molecular flexibility index (Phi) is 9.16. The van der Waals surface area contributed by atoms with Gasteiger partial charge in [-0.25, -0.2) is 4.98 Å². The van der Waals surface area contributed by atoms with E-state index in [-0.39, 0.29) is 16.5 Å². The Morgan fingerprint density at radius 2 is 1.88 bits per heavy atom. The lowest BCUT2D eigenvalue weighted by molar-refractivity contribution is -0.117. The number of methoxy groups -OCH3 is 1. The molecular formula is C31H32N2O6S. The van der Waals surface area contributed by atoms with Crippen molar-refractivity contribution in [2.24, 2.45) is 0 Å². The molecule has 1 aliphatic heterocycles. The molecule has 2 heterocycles. The number of anilines is 1. The van der Waals surface area contributed by atoms with Crippen molar-refractivity contribution >= 4 is 40.0 Å². The van der Waals surface area contributed by atoms with Crippen LogP contribution in [0.1, 0.15) is 65.6 Å².